The van der Waals surface area contributed by atoms with Gasteiger partial charge in [-0.1, -0.05) is 12.6 Å². The number of thiophene rings is 1. The van der Waals surface area contributed by atoms with Gasteiger partial charge in [-0.15, -0.1) is 11.3 Å². The zero-order valence-corrected chi connectivity index (χ0v) is 8.98. The Morgan fingerprint density at radius 2 is 2.27 bits per heavy atom. The van der Waals surface area contributed by atoms with Crippen LogP contribution in [0.2, 0.25) is 0 Å². The molecule has 0 fully saturated rings. The number of rotatable bonds is 2. The molecule has 0 aliphatic heterocycles. The molecule has 1 rings (SSSR count). The van der Waals surface area contributed by atoms with E-state index in [0.717, 1.165) is 0 Å². The predicted octanol–water partition coefficient (Wildman–Crippen LogP) is -2.48. The topological polar surface area (TPSA) is 40.1 Å². The molecule has 0 unspecified atom stereocenters. The van der Waals surface area contributed by atoms with Gasteiger partial charge in [0.15, 0.2) is 0 Å². The quantitative estimate of drug-likeness (QED) is 0.369. The van der Waals surface area contributed by atoms with Crippen LogP contribution in [0, 0.1) is 0 Å². The van der Waals surface area contributed by atoms with Gasteiger partial charge in [0.2, 0.25) is 0 Å². The molecule has 2 nitrogen and oxygen atoms in total. The zero-order valence-electron chi connectivity index (χ0n) is 6.16. The average molecular weight is 176 g/mol. The first-order valence-corrected chi connectivity index (χ1v) is 3.54. The number of aliphatic carboxylic acids is 1. The second-order valence-electron chi connectivity index (χ2n) is 1.74. The summed E-state index contributed by atoms with van der Waals surface area (Å²) in [6.45, 7) is 3.35. The Labute approximate surface area is 90.8 Å². The summed E-state index contributed by atoms with van der Waals surface area (Å²) in [7, 11) is 0. The fourth-order valence-corrected chi connectivity index (χ4v) is 1.24. The maximum atomic E-state index is 10.2. The second kappa shape index (κ2) is 4.72. The number of carbonyl (C=O) groups is 1. The van der Waals surface area contributed by atoms with E-state index in [-0.39, 0.29) is 35.1 Å². The van der Waals surface area contributed by atoms with E-state index in [2.05, 4.69) is 6.58 Å². The fraction of sp³-hybridized carbons (Fsp3) is 0. The van der Waals surface area contributed by atoms with Gasteiger partial charge < -0.3 is 9.90 Å². The van der Waals surface area contributed by atoms with Crippen LogP contribution in [0.15, 0.2) is 24.1 Å². The van der Waals surface area contributed by atoms with Crippen molar-refractivity contribution in [1.29, 1.82) is 0 Å². The standard InChI is InChI=1S/C7H6O2S.Na/c1-5(7(8)9)6-3-2-4-10-6;/h2-4H,1H2,(H,8,9);/q;+1/p-1. The third-order valence-corrected chi connectivity index (χ3v) is 1.99. The van der Waals surface area contributed by atoms with Gasteiger partial charge in [0.1, 0.15) is 0 Å². The first-order chi connectivity index (χ1) is 4.72. The molecule has 4 heteroatoms. The van der Waals surface area contributed by atoms with Gasteiger partial charge in [-0.3, -0.25) is 0 Å². The van der Waals surface area contributed by atoms with Gasteiger partial charge in [-0.25, -0.2) is 0 Å². The van der Waals surface area contributed by atoms with Gasteiger partial charge in [-0.05, 0) is 11.4 Å². The van der Waals surface area contributed by atoms with Crippen LogP contribution < -0.4 is 34.7 Å². The van der Waals surface area contributed by atoms with Gasteiger partial charge in [0, 0.05) is 10.5 Å². The van der Waals surface area contributed by atoms with E-state index in [1.54, 1.807) is 17.5 Å². The van der Waals surface area contributed by atoms with Gasteiger partial charge in [0.25, 0.3) is 0 Å². The third kappa shape index (κ3) is 2.79. The zero-order chi connectivity index (χ0) is 7.56. The number of carboxylic acid groups (broad SMARTS) is 1. The van der Waals surface area contributed by atoms with E-state index in [4.69, 9.17) is 0 Å². The molecule has 0 saturated carbocycles. The average Bonchev–Trinajstić information content (AvgIpc) is 2.36. The molecule has 0 bridgehead atoms. The van der Waals surface area contributed by atoms with Crippen molar-refractivity contribution in [2.45, 2.75) is 0 Å². The maximum absolute atomic E-state index is 10.2. The molecule has 0 saturated heterocycles. The Morgan fingerprint density at radius 3 is 2.64 bits per heavy atom. The molecular weight excluding hydrogens is 171 g/mol. The normalized spacial score (nSPS) is 8.36. The minimum Gasteiger partial charge on any atom is -0.545 e. The van der Waals surface area contributed by atoms with E-state index < -0.39 is 5.97 Å². The Morgan fingerprint density at radius 1 is 1.64 bits per heavy atom. The number of carboxylic acids is 1. The molecule has 0 N–H and O–H groups in total. The monoisotopic (exact) mass is 176 g/mol. The molecule has 0 aliphatic rings. The smallest absolute Gasteiger partial charge is 0.545 e. The van der Waals surface area contributed by atoms with E-state index in [1.165, 1.54) is 11.3 Å². The molecule has 52 valence electrons. The Bertz CT molecular complexity index is 253. The van der Waals surface area contributed by atoms with Crippen molar-refractivity contribution in [2.75, 3.05) is 0 Å². The van der Waals surface area contributed by atoms with Crippen molar-refractivity contribution in [3.05, 3.63) is 29.0 Å². The van der Waals surface area contributed by atoms with Crippen LogP contribution in [0.3, 0.4) is 0 Å². The van der Waals surface area contributed by atoms with Crippen LogP contribution in [0.1, 0.15) is 4.88 Å². The second-order valence-corrected chi connectivity index (χ2v) is 2.69. The van der Waals surface area contributed by atoms with E-state index in [0.29, 0.717) is 4.88 Å². The van der Waals surface area contributed by atoms with Gasteiger partial charge in [0.05, 0.1) is 5.97 Å². The summed E-state index contributed by atoms with van der Waals surface area (Å²) in [5, 5.41) is 12.0. The van der Waals surface area contributed by atoms with Crippen molar-refractivity contribution >= 4 is 22.9 Å². The van der Waals surface area contributed by atoms with Crippen molar-refractivity contribution in [2.24, 2.45) is 0 Å². The van der Waals surface area contributed by atoms with Crippen LogP contribution in [-0.4, -0.2) is 5.97 Å². The maximum Gasteiger partial charge on any atom is 1.00 e. The summed E-state index contributed by atoms with van der Waals surface area (Å²) < 4.78 is 0. The van der Waals surface area contributed by atoms with Crippen molar-refractivity contribution in [1.82, 2.24) is 0 Å². The van der Waals surface area contributed by atoms with Crippen LogP contribution in [0.25, 0.3) is 5.57 Å². The van der Waals surface area contributed by atoms with Crippen LogP contribution in [0.5, 0.6) is 0 Å². The van der Waals surface area contributed by atoms with Crippen molar-refractivity contribution in [3.8, 4) is 0 Å². The van der Waals surface area contributed by atoms with Crippen molar-refractivity contribution in [3.63, 3.8) is 0 Å². The minimum atomic E-state index is -1.21. The fourth-order valence-electron chi connectivity index (χ4n) is 0.551. The largest absolute Gasteiger partial charge is 1.00 e. The predicted molar refractivity (Wildman–Crippen MR) is 38.4 cm³/mol. The Kier molecular flexibility index (Phi) is 4.68. The molecule has 0 aromatic carbocycles. The van der Waals surface area contributed by atoms with Gasteiger partial charge in [-0.2, -0.15) is 0 Å². The molecule has 1 aromatic heterocycles. The van der Waals surface area contributed by atoms with Crippen molar-refractivity contribution < 1.29 is 39.5 Å². The number of hydrogen-bond donors (Lipinski definition) is 0. The first-order valence-electron chi connectivity index (χ1n) is 2.66. The summed E-state index contributed by atoms with van der Waals surface area (Å²) in [4.78, 5) is 10.8. The molecule has 0 spiro atoms. The molecule has 0 amide bonds. The van der Waals surface area contributed by atoms with Gasteiger partial charge >= 0.3 is 29.6 Å². The SMILES string of the molecule is C=C(C(=O)[O-])c1cccs1.[Na+]. The summed E-state index contributed by atoms with van der Waals surface area (Å²) in [5.41, 5.74) is 0.0509. The minimum absolute atomic E-state index is 0. The summed E-state index contributed by atoms with van der Waals surface area (Å²) in [5.74, 6) is -1.21. The first kappa shape index (κ1) is 10.9. The molecule has 0 radical (unpaired) electrons. The van der Waals surface area contributed by atoms with Crippen LogP contribution in [-0.2, 0) is 4.79 Å². The number of hydrogen-bond acceptors (Lipinski definition) is 3. The molecule has 1 heterocycles. The number of carbonyl (C=O) groups excluding carboxylic acids is 1. The molecule has 0 aliphatic carbocycles. The third-order valence-electron chi connectivity index (χ3n) is 1.07. The van der Waals surface area contributed by atoms with E-state index in [9.17, 15) is 9.90 Å². The molecule has 1 aromatic rings. The van der Waals surface area contributed by atoms with E-state index >= 15 is 0 Å². The summed E-state index contributed by atoms with van der Waals surface area (Å²) >= 11 is 1.34. The Hall–Kier alpha value is -0.0900. The van der Waals surface area contributed by atoms with E-state index in [1.807, 2.05) is 0 Å². The molecular formula is C7H5NaO2S. The van der Waals surface area contributed by atoms with Crippen LogP contribution in [0.4, 0.5) is 0 Å². The summed E-state index contributed by atoms with van der Waals surface area (Å²) in [6, 6.07) is 3.47. The molecule has 0 atom stereocenters. The summed E-state index contributed by atoms with van der Waals surface area (Å²) in [6.07, 6.45) is 0. The van der Waals surface area contributed by atoms with Crippen LogP contribution >= 0.6 is 11.3 Å². The molecule has 11 heavy (non-hydrogen) atoms. The Balaban J connectivity index is 0.000001000.